The smallest absolute Gasteiger partial charge is 0.184 e. The van der Waals surface area contributed by atoms with E-state index in [4.69, 9.17) is 9.47 Å². The molecule has 0 aliphatic carbocycles. The number of hydrogen-bond acceptors (Lipinski definition) is 7. The second kappa shape index (κ2) is 8.53. The topological polar surface area (TPSA) is 120 Å². The Morgan fingerprint density at radius 1 is 1.23 bits per heavy atom. The fourth-order valence-electron chi connectivity index (χ4n) is 3.50. The molecule has 0 spiro atoms. The molecule has 3 rings (SSSR count). The average Bonchev–Trinajstić information content (AvgIpc) is 2.88. The van der Waals surface area contributed by atoms with Gasteiger partial charge in [-0.15, -0.1) is 0 Å². The van der Waals surface area contributed by atoms with E-state index < -0.39 is 53.0 Å². The Bertz CT molecular complexity index is 601. The maximum absolute atomic E-state index is 10.6. The summed E-state index contributed by atoms with van der Waals surface area (Å²) in [6.07, 6.45) is -5.36. The first-order valence-corrected chi connectivity index (χ1v) is 10.4. The predicted molar refractivity (Wildman–Crippen MR) is 96.7 cm³/mol. The molecule has 7 nitrogen and oxygen atoms in total. The van der Waals surface area contributed by atoms with Crippen LogP contribution in [0.1, 0.15) is 17.4 Å². The third-order valence-corrected chi connectivity index (χ3v) is 7.75. The highest BCUT2D eigenvalue weighted by Gasteiger charge is 2.51. The summed E-state index contributed by atoms with van der Waals surface area (Å²) >= 11 is 0. The van der Waals surface area contributed by atoms with E-state index >= 15 is 0 Å². The van der Waals surface area contributed by atoms with Crippen LogP contribution in [0.25, 0.3) is 0 Å². The number of hydrogen-bond donors (Lipinski definition) is 5. The molecule has 2 saturated heterocycles. The number of aliphatic hydroxyl groups is 5. The minimum absolute atomic E-state index is 0.0444. The summed E-state index contributed by atoms with van der Waals surface area (Å²) in [6.45, 7) is 1.75. The van der Waals surface area contributed by atoms with Crippen LogP contribution < -0.4 is 0 Å². The molecule has 0 amide bonds. The third kappa shape index (κ3) is 4.23. The molecular formula is C18H27O7S+. The summed E-state index contributed by atoms with van der Waals surface area (Å²) in [4.78, 5) is 0. The first-order chi connectivity index (χ1) is 12.4. The van der Waals surface area contributed by atoms with Crippen molar-refractivity contribution >= 4 is 10.9 Å². The van der Waals surface area contributed by atoms with Crippen molar-refractivity contribution in [2.24, 2.45) is 0 Å². The van der Waals surface area contributed by atoms with Gasteiger partial charge in [-0.05, 0) is 6.92 Å². The number of aryl methyl sites for hydroxylation is 1. The van der Waals surface area contributed by atoms with E-state index in [0.717, 1.165) is 11.1 Å². The zero-order valence-corrected chi connectivity index (χ0v) is 15.5. The average molecular weight is 387 g/mol. The Morgan fingerprint density at radius 2 is 2.00 bits per heavy atom. The van der Waals surface area contributed by atoms with Gasteiger partial charge in [-0.1, -0.05) is 29.8 Å². The van der Waals surface area contributed by atoms with Gasteiger partial charge in [0.05, 0.1) is 13.2 Å². The molecule has 0 aromatic heterocycles. The lowest BCUT2D eigenvalue weighted by Gasteiger charge is -2.36. The molecule has 146 valence electrons. The highest BCUT2D eigenvalue weighted by atomic mass is 32.2. The summed E-state index contributed by atoms with van der Waals surface area (Å²) in [5.74, 6) is 0.561. The molecule has 8 atom stereocenters. The fraction of sp³-hybridized carbons (Fsp3) is 0.667. The van der Waals surface area contributed by atoms with Crippen LogP contribution in [-0.2, 0) is 20.4 Å². The van der Waals surface area contributed by atoms with Gasteiger partial charge in [0.15, 0.2) is 11.5 Å². The van der Waals surface area contributed by atoms with Crippen molar-refractivity contribution in [3.8, 4) is 0 Å². The van der Waals surface area contributed by atoms with Crippen LogP contribution in [0.5, 0.6) is 0 Å². The summed E-state index contributed by atoms with van der Waals surface area (Å²) in [7, 11) is -0.563. The Hall–Kier alpha value is -0.710. The summed E-state index contributed by atoms with van der Waals surface area (Å²) in [6, 6.07) is 7.65. The number of ether oxygens (including phenoxy) is 2. The summed E-state index contributed by atoms with van der Waals surface area (Å²) in [5.41, 5.74) is 1.87. The second-order valence-corrected chi connectivity index (χ2v) is 9.31. The SMILES string of the molecule is Cc1cccc(C2OC[C@@H](O)[C@@H]([C@H](O)C[S+]3C[C@@H](O)[C@H](O)[C@H]3CO)O2)c1. The van der Waals surface area contributed by atoms with Gasteiger partial charge < -0.3 is 35.0 Å². The number of benzene rings is 1. The molecule has 0 bridgehead atoms. The Kier molecular flexibility index (Phi) is 6.58. The lowest BCUT2D eigenvalue weighted by Crippen LogP contribution is -2.50. The van der Waals surface area contributed by atoms with Gasteiger partial charge in [-0.25, -0.2) is 0 Å². The monoisotopic (exact) mass is 387 g/mol. The zero-order valence-electron chi connectivity index (χ0n) is 14.6. The van der Waals surface area contributed by atoms with Crippen molar-refractivity contribution in [3.05, 3.63) is 35.4 Å². The van der Waals surface area contributed by atoms with Gasteiger partial charge in [0, 0.05) is 16.5 Å². The van der Waals surface area contributed by atoms with Crippen LogP contribution in [-0.4, -0.2) is 86.0 Å². The number of aliphatic hydroxyl groups excluding tert-OH is 5. The third-order valence-electron chi connectivity index (χ3n) is 4.92. The molecule has 2 aliphatic rings. The van der Waals surface area contributed by atoms with E-state index in [9.17, 15) is 25.5 Å². The molecule has 2 heterocycles. The maximum atomic E-state index is 10.6. The minimum atomic E-state index is -0.990. The van der Waals surface area contributed by atoms with Crippen LogP contribution in [0, 0.1) is 6.92 Å². The Labute approximate surface area is 155 Å². The first kappa shape index (κ1) is 20.0. The second-order valence-electron chi connectivity index (χ2n) is 6.96. The van der Waals surface area contributed by atoms with E-state index in [2.05, 4.69) is 0 Å². The molecule has 26 heavy (non-hydrogen) atoms. The molecule has 5 N–H and O–H groups in total. The van der Waals surface area contributed by atoms with E-state index in [-0.39, 0.29) is 19.0 Å². The van der Waals surface area contributed by atoms with Gasteiger partial charge in [0.1, 0.15) is 42.0 Å². The molecular weight excluding hydrogens is 360 g/mol. The van der Waals surface area contributed by atoms with Crippen molar-refractivity contribution in [2.75, 3.05) is 24.7 Å². The normalized spacial score (nSPS) is 39.1. The quantitative estimate of drug-likeness (QED) is 0.405. The fourth-order valence-corrected chi connectivity index (χ4v) is 6.18. The first-order valence-electron chi connectivity index (χ1n) is 8.73. The Morgan fingerprint density at radius 3 is 2.69 bits per heavy atom. The van der Waals surface area contributed by atoms with Crippen LogP contribution >= 0.6 is 0 Å². The van der Waals surface area contributed by atoms with Crippen molar-refractivity contribution in [1.29, 1.82) is 0 Å². The molecule has 0 radical (unpaired) electrons. The van der Waals surface area contributed by atoms with Crippen molar-refractivity contribution in [3.63, 3.8) is 0 Å². The molecule has 2 unspecified atom stereocenters. The van der Waals surface area contributed by atoms with Crippen molar-refractivity contribution in [1.82, 2.24) is 0 Å². The van der Waals surface area contributed by atoms with Crippen molar-refractivity contribution < 1.29 is 35.0 Å². The van der Waals surface area contributed by atoms with Gasteiger partial charge in [0.25, 0.3) is 0 Å². The van der Waals surface area contributed by atoms with Crippen molar-refractivity contribution in [2.45, 2.75) is 49.0 Å². The van der Waals surface area contributed by atoms with E-state index in [0.29, 0.717) is 5.75 Å². The molecule has 2 fully saturated rings. The lowest BCUT2D eigenvalue weighted by atomic mass is 10.1. The highest BCUT2D eigenvalue weighted by molar-refractivity contribution is 7.97. The summed E-state index contributed by atoms with van der Waals surface area (Å²) < 4.78 is 11.4. The van der Waals surface area contributed by atoms with Crippen LogP contribution in [0.2, 0.25) is 0 Å². The predicted octanol–water partition coefficient (Wildman–Crippen LogP) is -1.15. The van der Waals surface area contributed by atoms with Crippen LogP contribution in [0.3, 0.4) is 0 Å². The standard InChI is InChI=1S/C18H27O7S/c1-10-3-2-4-11(5-10)18-24-7-12(20)17(25-18)14(22)9-26-8-13(21)16(23)15(26)6-19/h2-5,12-23H,6-9H2,1H3/q+1/t12-,13-,14-,15-,16+,17+,18?,26?/m1/s1. The Balaban J connectivity index is 1.66. The van der Waals surface area contributed by atoms with Gasteiger partial charge >= 0.3 is 0 Å². The van der Waals surface area contributed by atoms with E-state index in [1.165, 1.54) is 0 Å². The summed E-state index contributed by atoms with van der Waals surface area (Å²) in [5, 5.41) is 49.6. The molecule has 1 aromatic rings. The minimum Gasteiger partial charge on any atom is -0.391 e. The highest BCUT2D eigenvalue weighted by Crippen LogP contribution is 2.31. The number of rotatable bonds is 5. The lowest BCUT2D eigenvalue weighted by molar-refractivity contribution is -0.273. The van der Waals surface area contributed by atoms with E-state index in [1.807, 2.05) is 31.2 Å². The van der Waals surface area contributed by atoms with Crippen LogP contribution in [0.4, 0.5) is 0 Å². The van der Waals surface area contributed by atoms with Crippen LogP contribution in [0.15, 0.2) is 24.3 Å². The molecule has 1 aromatic carbocycles. The van der Waals surface area contributed by atoms with Gasteiger partial charge in [-0.2, -0.15) is 0 Å². The van der Waals surface area contributed by atoms with E-state index in [1.54, 1.807) is 0 Å². The maximum Gasteiger partial charge on any atom is 0.184 e. The molecule has 8 heteroatoms. The van der Waals surface area contributed by atoms with Gasteiger partial charge in [-0.3, -0.25) is 0 Å². The van der Waals surface area contributed by atoms with Gasteiger partial charge in [0.2, 0.25) is 0 Å². The molecule has 2 aliphatic heterocycles. The largest absolute Gasteiger partial charge is 0.391 e. The molecule has 0 saturated carbocycles. The zero-order chi connectivity index (χ0) is 18.8.